The van der Waals surface area contributed by atoms with Crippen LogP contribution in [0, 0.1) is 0 Å². The van der Waals surface area contributed by atoms with E-state index in [1.54, 1.807) is 35.4 Å². The highest BCUT2D eigenvalue weighted by Crippen LogP contribution is 2.47. The van der Waals surface area contributed by atoms with Crippen molar-refractivity contribution >= 4 is 11.8 Å². The van der Waals surface area contributed by atoms with Gasteiger partial charge in [-0.2, -0.15) is 5.01 Å². The molecule has 0 aliphatic carbocycles. The molecule has 1 fully saturated rings. The Morgan fingerprint density at radius 3 is 1.95 bits per heavy atom. The van der Waals surface area contributed by atoms with Gasteiger partial charge in [-0.25, -0.2) is 5.01 Å². The van der Waals surface area contributed by atoms with Crippen LogP contribution in [0.25, 0.3) is 0 Å². The van der Waals surface area contributed by atoms with Crippen molar-refractivity contribution in [3.63, 3.8) is 0 Å². The van der Waals surface area contributed by atoms with Crippen molar-refractivity contribution in [3.05, 3.63) is 83.9 Å². The largest absolute Gasteiger partial charge is 0.276 e. The molecule has 4 heteroatoms. The van der Waals surface area contributed by atoms with Gasteiger partial charge in [-0.3, -0.25) is 9.59 Å². The molecular weight excluding hydrogens is 276 g/mol. The second-order valence-corrected chi connectivity index (χ2v) is 5.43. The van der Waals surface area contributed by atoms with Gasteiger partial charge in [-0.15, -0.1) is 6.58 Å². The highest BCUT2D eigenvalue weighted by atomic mass is 16.2. The van der Waals surface area contributed by atoms with Crippen molar-refractivity contribution in [1.82, 2.24) is 10.0 Å². The Morgan fingerprint density at radius 2 is 1.41 bits per heavy atom. The SMILES string of the molecule is C=CC1C(c2ccccc2)N1N1C(=O)c2ccccc2C1=O. The van der Waals surface area contributed by atoms with Crippen molar-refractivity contribution in [2.75, 3.05) is 0 Å². The number of hydrogen-bond donors (Lipinski definition) is 0. The number of hydrogen-bond acceptors (Lipinski definition) is 3. The van der Waals surface area contributed by atoms with Crippen LogP contribution >= 0.6 is 0 Å². The summed E-state index contributed by atoms with van der Waals surface area (Å²) in [5.74, 6) is -0.517. The first-order valence-electron chi connectivity index (χ1n) is 7.17. The van der Waals surface area contributed by atoms with Crippen LogP contribution in [0.3, 0.4) is 0 Å². The molecule has 4 rings (SSSR count). The minimum atomic E-state index is -0.258. The summed E-state index contributed by atoms with van der Waals surface area (Å²) in [5, 5.41) is 3.06. The number of carbonyl (C=O) groups excluding carboxylic acids is 2. The molecule has 0 spiro atoms. The lowest BCUT2D eigenvalue weighted by atomic mass is 10.1. The van der Waals surface area contributed by atoms with E-state index in [9.17, 15) is 9.59 Å². The molecule has 108 valence electrons. The van der Waals surface area contributed by atoms with Gasteiger partial charge in [0.2, 0.25) is 0 Å². The van der Waals surface area contributed by atoms with E-state index in [4.69, 9.17) is 0 Å². The molecule has 4 nitrogen and oxygen atoms in total. The number of rotatable bonds is 3. The molecule has 0 saturated carbocycles. The van der Waals surface area contributed by atoms with Gasteiger partial charge in [0.15, 0.2) is 0 Å². The Hall–Kier alpha value is -2.72. The smallest absolute Gasteiger partial charge is 0.267 e. The number of carbonyl (C=O) groups is 2. The molecule has 1 saturated heterocycles. The molecule has 2 aliphatic rings. The van der Waals surface area contributed by atoms with Crippen LogP contribution in [0.1, 0.15) is 32.3 Å². The monoisotopic (exact) mass is 290 g/mol. The summed E-state index contributed by atoms with van der Waals surface area (Å²) in [6, 6.07) is 16.7. The number of fused-ring (bicyclic) bond motifs is 1. The lowest BCUT2D eigenvalue weighted by Crippen LogP contribution is -2.36. The number of nitrogens with zero attached hydrogens (tertiary/aromatic N) is 2. The quantitative estimate of drug-likeness (QED) is 0.496. The summed E-state index contributed by atoms with van der Waals surface area (Å²) >= 11 is 0. The fraction of sp³-hybridized carbons (Fsp3) is 0.111. The zero-order chi connectivity index (χ0) is 15.3. The van der Waals surface area contributed by atoms with Crippen LogP contribution in [0.2, 0.25) is 0 Å². The highest BCUT2D eigenvalue weighted by molar-refractivity contribution is 6.21. The van der Waals surface area contributed by atoms with Crippen molar-refractivity contribution in [2.45, 2.75) is 12.1 Å². The highest BCUT2D eigenvalue weighted by Gasteiger charge is 2.56. The van der Waals surface area contributed by atoms with Gasteiger partial charge in [-0.05, 0) is 17.7 Å². The van der Waals surface area contributed by atoms with Crippen molar-refractivity contribution < 1.29 is 9.59 Å². The van der Waals surface area contributed by atoms with Crippen molar-refractivity contribution in [2.24, 2.45) is 0 Å². The normalized spacial score (nSPS) is 26.0. The van der Waals surface area contributed by atoms with Crippen molar-refractivity contribution in [1.29, 1.82) is 0 Å². The maximum Gasteiger partial charge on any atom is 0.276 e. The Bertz CT molecular complexity index is 750. The Labute approximate surface area is 128 Å². The molecule has 2 aromatic rings. The number of imide groups is 1. The Balaban J connectivity index is 1.70. The lowest BCUT2D eigenvalue weighted by Gasteiger charge is -2.16. The topological polar surface area (TPSA) is 40.4 Å². The zero-order valence-corrected chi connectivity index (χ0v) is 11.8. The minimum Gasteiger partial charge on any atom is -0.267 e. The maximum atomic E-state index is 12.6. The second kappa shape index (κ2) is 4.64. The predicted molar refractivity (Wildman–Crippen MR) is 81.9 cm³/mol. The van der Waals surface area contributed by atoms with E-state index in [-0.39, 0.29) is 23.9 Å². The first kappa shape index (κ1) is 13.0. The van der Waals surface area contributed by atoms with Crippen LogP contribution in [0.5, 0.6) is 0 Å². The maximum absolute atomic E-state index is 12.6. The van der Waals surface area contributed by atoms with Crippen LogP contribution in [-0.2, 0) is 0 Å². The second-order valence-electron chi connectivity index (χ2n) is 5.43. The molecular formula is C18H14N2O2. The van der Waals surface area contributed by atoms with E-state index >= 15 is 0 Å². The molecule has 0 N–H and O–H groups in total. The summed E-state index contributed by atoms with van der Waals surface area (Å²) in [5.41, 5.74) is 2.01. The van der Waals surface area contributed by atoms with E-state index in [2.05, 4.69) is 6.58 Å². The predicted octanol–water partition coefficient (Wildman–Crippen LogP) is 2.81. The molecule has 0 radical (unpaired) electrons. The van der Waals surface area contributed by atoms with Gasteiger partial charge < -0.3 is 0 Å². The molecule has 3 unspecified atom stereocenters. The molecule has 2 aliphatic heterocycles. The summed E-state index contributed by atoms with van der Waals surface area (Å²) in [7, 11) is 0. The van der Waals surface area contributed by atoms with Gasteiger partial charge in [0.1, 0.15) is 0 Å². The third kappa shape index (κ3) is 1.68. The van der Waals surface area contributed by atoms with E-state index in [1.807, 2.05) is 30.3 Å². The fourth-order valence-electron chi connectivity index (χ4n) is 3.12. The summed E-state index contributed by atoms with van der Waals surface area (Å²) in [4.78, 5) is 25.1. The molecule has 2 amide bonds. The van der Waals surface area contributed by atoms with E-state index in [0.717, 1.165) is 5.56 Å². The van der Waals surface area contributed by atoms with Gasteiger partial charge >= 0.3 is 0 Å². The van der Waals surface area contributed by atoms with Gasteiger partial charge in [0.05, 0.1) is 23.2 Å². The fourth-order valence-corrected chi connectivity index (χ4v) is 3.12. The average molecular weight is 290 g/mol. The molecule has 2 heterocycles. The average Bonchev–Trinajstić information content (AvgIpc) is 3.23. The summed E-state index contributed by atoms with van der Waals surface area (Å²) in [6.07, 6.45) is 1.78. The lowest BCUT2D eigenvalue weighted by molar-refractivity contribution is 0.0353. The van der Waals surface area contributed by atoms with E-state index in [0.29, 0.717) is 11.1 Å². The summed E-state index contributed by atoms with van der Waals surface area (Å²) in [6.45, 7) is 3.83. The van der Waals surface area contributed by atoms with Gasteiger partial charge in [-0.1, -0.05) is 48.5 Å². The van der Waals surface area contributed by atoms with E-state index < -0.39 is 0 Å². The number of benzene rings is 2. The molecule has 2 aromatic carbocycles. The third-order valence-electron chi connectivity index (χ3n) is 4.21. The molecule has 3 atom stereocenters. The Morgan fingerprint density at radius 1 is 0.864 bits per heavy atom. The minimum absolute atomic E-state index is 0.0130. The Kier molecular flexibility index (Phi) is 2.74. The van der Waals surface area contributed by atoms with E-state index in [1.165, 1.54) is 5.01 Å². The first-order chi connectivity index (χ1) is 10.7. The van der Waals surface area contributed by atoms with Crippen LogP contribution in [-0.4, -0.2) is 27.9 Å². The van der Waals surface area contributed by atoms with Gasteiger partial charge in [0.25, 0.3) is 11.8 Å². The van der Waals surface area contributed by atoms with Gasteiger partial charge in [0, 0.05) is 0 Å². The number of hydrazine groups is 1. The molecule has 0 bridgehead atoms. The first-order valence-corrected chi connectivity index (χ1v) is 7.17. The summed E-state index contributed by atoms with van der Waals surface area (Å²) < 4.78 is 0. The standard InChI is InChI=1S/C18H14N2O2/c1-2-15-16(12-8-4-3-5-9-12)19(15)20-17(21)13-10-6-7-11-14(13)18(20)22/h2-11,15-16H,1H2. The molecule has 0 aromatic heterocycles. The molecule has 22 heavy (non-hydrogen) atoms. The third-order valence-corrected chi connectivity index (χ3v) is 4.21. The van der Waals surface area contributed by atoms with Crippen LogP contribution < -0.4 is 0 Å². The van der Waals surface area contributed by atoms with Crippen LogP contribution in [0.15, 0.2) is 67.3 Å². The van der Waals surface area contributed by atoms with Crippen molar-refractivity contribution in [3.8, 4) is 0 Å². The number of amides is 2. The zero-order valence-electron chi connectivity index (χ0n) is 11.8. The van der Waals surface area contributed by atoms with Crippen LogP contribution in [0.4, 0.5) is 0 Å².